The molecule has 4 heteroatoms. The zero-order chi connectivity index (χ0) is 17.2. The first-order valence-electron chi connectivity index (χ1n) is 7.72. The lowest BCUT2D eigenvalue weighted by atomic mass is 10.0. The molecule has 0 heterocycles. The second-order valence-electron chi connectivity index (χ2n) is 5.72. The third kappa shape index (κ3) is 3.28. The van der Waals surface area contributed by atoms with E-state index >= 15 is 0 Å². The highest BCUT2D eigenvalue weighted by Crippen LogP contribution is 2.46. The van der Waals surface area contributed by atoms with E-state index in [4.69, 9.17) is 4.52 Å². The summed E-state index contributed by atoms with van der Waals surface area (Å²) in [5.74, 6) is 0.442. The third-order valence-corrected chi connectivity index (χ3v) is 5.47. The Labute approximate surface area is 142 Å². The van der Waals surface area contributed by atoms with Gasteiger partial charge in [-0.15, -0.1) is 0 Å². The Balaban J connectivity index is 2.08. The first-order chi connectivity index (χ1) is 11.5. The van der Waals surface area contributed by atoms with Gasteiger partial charge in [-0.05, 0) is 36.6 Å². The fourth-order valence-electron chi connectivity index (χ4n) is 2.67. The molecule has 0 fully saturated rings. The Morgan fingerprint density at radius 3 is 2.12 bits per heavy atom. The number of benzene rings is 3. The summed E-state index contributed by atoms with van der Waals surface area (Å²) in [5, 5.41) is 0.326. The van der Waals surface area contributed by atoms with Crippen molar-refractivity contribution < 1.29 is 14.0 Å². The molecule has 1 atom stereocenters. The van der Waals surface area contributed by atoms with Gasteiger partial charge in [-0.3, -0.25) is 0 Å². The van der Waals surface area contributed by atoms with Crippen LogP contribution in [0.2, 0.25) is 0 Å². The molecule has 1 unspecified atom stereocenters. The van der Waals surface area contributed by atoms with Gasteiger partial charge in [0, 0.05) is 5.56 Å². The molecule has 3 nitrogen and oxygen atoms in total. The van der Waals surface area contributed by atoms with E-state index in [0.29, 0.717) is 11.1 Å². The molecular weight excluding hydrogens is 319 g/mol. The predicted molar refractivity (Wildman–Crippen MR) is 97.9 cm³/mol. The second-order valence-corrected chi connectivity index (χ2v) is 7.42. The van der Waals surface area contributed by atoms with Gasteiger partial charge >= 0.3 is 7.60 Å². The van der Waals surface area contributed by atoms with Crippen LogP contribution in [0.5, 0.6) is 5.75 Å². The minimum atomic E-state index is -3.98. The fourth-order valence-corrected chi connectivity index (χ4v) is 4.05. The van der Waals surface area contributed by atoms with Crippen LogP contribution in [0, 0.1) is 13.8 Å². The van der Waals surface area contributed by atoms with Crippen LogP contribution in [0.25, 0.3) is 11.1 Å². The number of para-hydroxylation sites is 1. The number of rotatable bonds is 4. The van der Waals surface area contributed by atoms with Gasteiger partial charge in [0.05, 0.1) is 5.30 Å². The first kappa shape index (κ1) is 16.5. The molecule has 122 valence electrons. The smallest absolute Gasteiger partial charge is 0.408 e. The molecular formula is C20H19O3P. The molecule has 0 bridgehead atoms. The summed E-state index contributed by atoms with van der Waals surface area (Å²) in [5.41, 5.74) is 3.30. The summed E-state index contributed by atoms with van der Waals surface area (Å²) in [6.45, 7) is 3.68. The van der Waals surface area contributed by atoms with Crippen molar-refractivity contribution in [3.8, 4) is 16.9 Å². The van der Waals surface area contributed by atoms with E-state index in [1.165, 1.54) is 0 Å². The van der Waals surface area contributed by atoms with E-state index in [1.807, 2.05) is 61.5 Å². The lowest BCUT2D eigenvalue weighted by Gasteiger charge is -2.19. The molecule has 0 aliphatic rings. The van der Waals surface area contributed by atoms with Gasteiger partial charge in [0.15, 0.2) is 0 Å². The monoisotopic (exact) mass is 338 g/mol. The second kappa shape index (κ2) is 6.64. The van der Waals surface area contributed by atoms with Crippen LogP contribution in [0.4, 0.5) is 0 Å². The Morgan fingerprint density at radius 1 is 0.792 bits per heavy atom. The molecule has 0 saturated heterocycles. The van der Waals surface area contributed by atoms with Crippen LogP contribution in [0.3, 0.4) is 0 Å². The van der Waals surface area contributed by atoms with E-state index in [2.05, 4.69) is 0 Å². The molecule has 3 aromatic carbocycles. The first-order valence-corrected chi connectivity index (χ1v) is 9.30. The fraction of sp³-hybridized carbons (Fsp3) is 0.100. The van der Waals surface area contributed by atoms with E-state index in [1.54, 1.807) is 25.1 Å². The minimum absolute atomic E-state index is 0.326. The summed E-state index contributed by atoms with van der Waals surface area (Å²) in [7, 11) is -3.98. The predicted octanol–water partition coefficient (Wildman–Crippen LogP) is 4.86. The van der Waals surface area contributed by atoms with E-state index in [0.717, 1.165) is 22.3 Å². The lowest BCUT2D eigenvalue weighted by molar-refractivity contribution is 0.393. The SMILES string of the molecule is Cc1ccccc1P(=O)(O)Oc1c(C)cccc1-c1ccccc1. The summed E-state index contributed by atoms with van der Waals surface area (Å²) < 4.78 is 18.6. The number of hydrogen-bond donors (Lipinski definition) is 1. The Hall–Kier alpha value is -2.35. The Bertz CT molecular complexity index is 904. The van der Waals surface area contributed by atoms with Crippen molar-refractivity contribution in [3.05, 3.63) is 83.9 Å². The number of aryl methyl sites for hydroxylation is 2. The van der Waals surface area contributed by atoms with Crippen LogP contribution in [-0.4, -0.2) is 4.89 Å². The van der Waals surface area contributed by atoms with Crippen LogP contribution in [0.1, 0.15) is 11.1 Å². The van der Waals surface area contributed by atoms with Gasteiger partial charge in [0.25, 0.3) is 0 Å². The highest BCUT2D eigenvalue weighted by Gasteiger charge is 2.28. The average molecular weight is 338 g/mol. The Kier molecular flexibility index (Phi) is 4.57. The maximum absolute atomic E-state index is 12.9. The number of hydrogen-bond acceptors (Lipinski definition) is 2. The maximum Gasteiger partial charge on any atom is 0.408 e. The maximum atomic E-state index is 12.9. The van der Waals surface area contributed by atoms with Crippen LogP contribution >= 0.6 is 7.60 Å². The van der Waals surface area contributed by atoms with Crippen molar-refractivity contribution in [2.75, 3.05) is 0 Å². The van der Waals surface area contributed by atoms with Crippen molar-refractivity contribution in [1.29, 1.82) is 0 Å². The van der Waals surface area contributed by atoms with Crippen molar-refractivity contribution in [3.63, 3.8) is 0 Å². The molecule has 0 spiro atoms. The summed E-state index contributed by atoms with van der Waals surface area (Å²) in [4.78, 5) is 10.5. The molecule has 0 aliphatic heterocycles. The van der Waals surface area contributed by atoms with Gasteiger partial charge in [-0.25, -0.2) is 4.57 Å². The van der Waals surface area contributed by atoms with Crippen molar-refractivity contribution >= 4 is 12.9 Å². The normalized spacial score (nSPS) is 13.3. The molecule has 3 aromatic rings. The van der Waals surface area contributed by atoms with Crippen molar-refractivity contribution in [1.82, 2.24) is 0 Å². The Morgan fingerprint density at radius 2 is 1.42 bits per heavy atom. The van der Waals surface area contributed by atoms with E-state index < -0.39 is 7.60 Å². The van der Waals surface area contributed by atoms with E-state index in [9.17, 15) is 9.46 Å². The molecule has 0 radical (unpaired) electrons. The molecule has 3 rings (SSSR count). The van der Waals surface area contributed by atoms with Gasteiger partial charge in [0.2, 0.25) is 0 Å². The zero-order valence-electron chi connectivity index (χ0n) is 13.6. The third-order valence-electron chi connectivity index (χ3n) is 3.93. The summed E-state index contributed by atoms with van der Waals surface area (Å²) >= 11 is 0. The topological polar surface area (TPSA) is 46.5 Å². The van der Waals surface area contributed by atoms with Gasteiger partial charge < -0.3 is 9.42 Å². The molecule has 0 aliphatic carbocycles. The quantitative estimate of drug-likeness (QED) is 0.691. The van der Waals surface area contributed by atoms with Crippen LogP contribution < -0.4 is 9.83 Å². The largest absolute Gasteiger partial charge is 0.420 e. The van der Waals surface area contributed by atoms with Crippen LogP contribution in [0.15, 0.2) is 72.8 Å². The molecule has 0 amide bonds. The van der Waals surface area contributed by atoms with Crippen molar-refractivity contribution in [2.24, 2.45) is 0 Å². The molecule has 24 heavy (non-hydrogen) atoms. The van der Waals surface area contributed by atoms with Crippen molar-refractivity contribution in [2.45, 2.75) is 13.8 Å². The van der Waals surface area contributed by atoms with Gasteiger partial charge in [0.1, 0.15) is 5.75 Å². The molecule has 0 aromatic heterocycles. The minimum Gasteiger partial charge on any atom is -0.420 e. The zero-order valence-corrected chi connectivity index (χ0v) is 14.5. The van der Waals surface area contributed by atoms with Crippen LogP contribution in [-0.2, 0) is 4.57 Å². The highest BCUT2D eigenvalue weighted by molar-refractivity contribution is 7.61. The lowest BCUT2D eigenvalue weighted by Crippen LogP contribution is -2.13. The van der Waals surface area contributed by atoms with E-state index in [-0.39, 0.29) is 0 Å². The summed E-state index contributed by atoms with van der Waals surface area (Å²) in [6, 6.07) is 22.4. The molecule has 1 N–H and O–H groups in total. The summed E-state index contributed by atoms with van der Waals surface area (Å²) in [6.07, 6.45) is 0. The molecule has 0 saturated carbocycles. The standard InChI is InChI=1S/C20H19O3P/c1-15-9-6-7-14-19(15)24(21,22)23-20-16(2)10-8-13-18(20)17-11-4-3-5-12-17/h3-14H,1-2H3,(H,21,22). The average Bonchev–Trinajstić information content (AvgIpc) is 2.57. The highest BCUT2D eigenvalue weighted by atomic mass is 31.2. The van der Waals surface area contributed by atoms with Gasteiger partial charge in [-0.2, -0.15) is 0 Å². The van der Waals surface area contributed by atoms with Gasteiger partial charge in [-0.1, -0.05) is 66.7 Å².